The SMILES string of the molecule is COc1nc(N2CC3(COC3)C2)ncc1F. The van der Waals surface area contributed by atoms with Crippen LogP contribution >= 0.6 is 0 Å². The van der Waals surface area contributed by atoms with Gasteiger partial charge < -0.3 is 14.4 Å². The molecule has 16 heavy (non-hydrogen) atoms. The molecule has 2 saturated heterocycles. The van der Waals surface area contributed by atoms with Crippen LogP contribution in [0, 0.1) is 11.2 Å². The largest absolute Gasteiger partial charge is 0.479 e. The first-order valence-electron chi connectivity index (χ1n) is 5.12. The van der Waals surface area contributed by atoms with Crippen molar-refractivity contribution in [1.29, 1.82) is 0 Å². The van der Waals surface area contributed by atoms with Gasteiger partial charge in [-0.3, -0.25) is 0 Å². The molecule has 2 fully saturated rings. The minimum atomic E-state index is -0.534. The molecule has 6 heteroatoms. The van der Waals surface area contributed by atoms with Crippen molar-refractivity contribution in [1.82, 2.24) is 9.97 Å². The highest BCUT2D eigenvalue weighted by Gasteiger charge is 2.49. The van der Waals surface area contributed by atoms with Gasteiger partial charge in [-0.25, -0.2) is 4.98 Å². The molecule has 0 aromatic carbocycles. The van der Waals surface area contributed by atoms with E-state index in [2.05, 4.69) is 9.97 Å². The number of anilines is 1. The van der Waals surface area contributed by atoms with Crippen LogP contribution in [0.2, 0.25) is 0 Å². The van der Waals surface area contributed by atoms with Crippen LogP contribution in [-0.4, -0.2) is 43.4 Å². The number of nitrogens with zero attached hydrogens (tertiary/aromatic N) is 3. The van der Waals surface area contributed by atoms with Crippen molar-refractivity contribution < 1.29 is 13.9 Å². The van der Waals surface area contributed by atoms with Crippen molar-refractivity contribution in [3.63, 3.8) is 0 Å². The maximum Gasteiger partial charge on any atom is 0.255 e. The predicted octanol–water partition coefficient (Wildman–Crippen LogP) is 0.461. The van der Waals surface area contributed by atoms with Crippen molar-refractivity contribution in [2.24, 2.45) is 5.41 Å². The number of ether oxygens (including phenoxy) is 2. The third-order valence-electron chi connectivity index (χ3n) is 3.04. The number of aromatic nitrogens is 2. The molecule has 1 aromatic heterocycles. The summed E-state index contributed by atoms with van der Waals surface area (Å²) in [5.41, 5.74) is 0.297. The van der Waals surface area contributed by atoms with Crippen molar-refractivity contribution in [2.45, 2.75) is 0 Å². The Morgan fingerprint density at radius 1 is 1.50 bits per heavy atom. The zero-order chi connectivity index (χ0) is 11.2. The molecule has 0 N–H and O–H groups in total. The van der Waals surface area contributed by atoms with Gasteiger partial charge in [0.25, 0.3) is 5.88 Å². The lowest BCUT2D eigenvalue weighted by molar-refractivity contribution is -0.127. The van der Waals surface area contributed by atoms with Crippen molar-refractivity contribution in [3.8, 4) is 5.88 Å². The standard InChI is InChI=1S/C10H12FN3O2/c1-15-8-7(11)2-12-9(13-8)14-3-10(4-14)5-16-6-10/h2H,3-6H2,1H3. The number of halogens is 1. The molecule has 5 nitrogen and oxygen atoms in total. The first-order chi connectivity index (χ1) is 7.72. The summed E-state index contributed by atoms with van der Waals surface area (Å²) in [4.78, 5) is 9.97. The number of rotatable bonds is 2. The first-order valence-corrected chi connectivity index (χ1v) is 5.12. The summed E-state index contributed by atoms with van der Waals surface area (Å²) in [6, 6.07) is 0. The van der Waals surface area contributed by atoms with Gasteiger partial charge >= 0.3 is 0 Å². The second-order valence-electron chi connectivity index (χ2n) is 4.38. The van der Waals surface area contributed by atoms with E-state index in [-0.39, 0.29) is 5.88 Å². The maximum atomic E-state index is 13.1. The molecule has 0 radical (unpaired) electrons. The predicted molar refractivity (Wildman–Crippen MR) is 54.0 cm³/mol. The second-order valence-corrected chi connectivity index (χ2v) is 4.38. The quantitative estimate of drug-likeness (QED) is 0.731. The van der Waals surface area contributed by atoms with Gasteiger partial charge in [-0.1, -0.05) is 0 Å². The minimum Gasteiger partial charge on any atom is -0.479 e. The zero-order valence-electron chi connectivity index (χ0n) is 8.94. The molecule has 3 heterocycles. The van der Waals surface area contributed by atoms with E-state index in [1.807, 2.05) is 4.90 Å². The molecule has 0 atom stereocenters. The number of methoxy groups -OCH3 is 1. The summed E-state index contributed by atoms with van der Waals surface area (Å²) < 4.78 is 23.1. The van der Waals surface area contributed by atoms with E-state index in [0.29, 0.717) is 11.4 Å². The van der Waals surface area contributed by atoms with Gasteiger partial charge in [-0.15, -0.1) is 0 Å². The summed E-state index contributed by atoms with van der Waals surface area (Å²) in [7, 11) is 1.40. The van der Waals surface area contributed by atoms with Gasteiger partial charge in [0.15, 0.2) is 0 Å². The number of hydrogen-bond donors (Lipinski definition) is 0. The van der Waals surface area contributed by atoms with E-state index >= 15 is 0 Å². The Morgan fingerprint density at radius 3 is 2.81 bits per heavy atom. The van der Waals surface area contributed by atoms with E-state index in [1.165, 1.54) is 7.11 Å². The molecule has 1 spiro atoms. The Kier molecular flexibility index (Phi) is 2.00. The molecule has 2 aliphatic heterocycles. The van der Waals surface area contributed by atoms with E-state index in [9.17, 15) is 4.39 Å². The number of hydrogen-bond acceptors (Lipinski definition) is 5. The molecule has 0 saturated carbocycles. The summed E-state index contributed by atoms with van der Waals surface area (Å²) in [6.07, 6.45) is 1.14. The Balaban J connectivity index is 1.75. The van der Waals surface area contributed by atoms with E-state index in [0.717, 1.165) is 32.5 Å². The van der Waals surface area contributed by atoms with Gasteiger partial charge in [0, 0.05) is 13.1 Å². The van der Waals surface area contributed by atoms with Crippen LogP contribution in [0.3, 0.4) is 0 Å². The summed E-state index contributed by atoms with van der Waals surface area (Å²) >= 11 is 0. The topological polar surface area (TPSA) is 47.5 Å². The molecule has 86 valence electrons. The van der Waals surface area contributed by atoms with Crippen LogP contribution in [-0.2, 0) is 4.74 Å². The summed E-state index contributed by atoms with van der Waals surface area (Å²) in [5.74, 6) is -0.0138. The normalized spacial score (nSPS) is 21.5. The third-order valence-corrected chi connectivity index (χ3v) is 3.04. The average Bonchev–Trinajstić information content (AvgIpc) is 2.16. The first kappa shape index (κ1) is 9.77. The molecule has 3 rings (SSSR count). The Morgan fingerprint density at radius 2 is 2.25 bits per heavy atom. The lowest BCUT2D eigenvalue weighted by atomic mass is 9.78. The van der Waals surface area contributed by atoms with E-state index in [1.54, 1.807) is 0 Å². The van der Waals surface area contributed by atoms with Crippen molar-refractivity contribution in [3.05, 3.63) is 12.0 Å². The fraction of sp³-hybridized carbons (Fsp3) is 0.600. The van der Waals surface area contributed by atoms with Crippen LogP contribution in [0.1, 0.15) is 0 Å². The highest BCUT2D eigenvalue weighted by atomic mass is 19.1. The third kappa shape index (κ3) is 1.33. The lowest BCUT2D eigenvalue weighted by Gasteiger charge is -2.54. The van der Waals surface area contributed by atoms with Crippen LogP contribution in [0.15, 0.2) is 6.20 Å². The highest BCUT2D eigenvalue weighted by molar-refractivity contribution is 5.38. The van der Waals surface area contributed by atoms with Crippen LogP contribution in [0.25, 0.3) is 0 Å². The van der Waals surface area contributed by atoms with Gasteiger partial charge in [-0.05, 0) is 0 Å². The fourth-order valence-electron chi connectivity index (χ4n) is 2.12. The zero-order valence-corrected chi connectivity index (χ0v) is 8.94. The van der Waals surface area contributed by atoms with E-state index < -0.39 is 5.82 Å². The van der Waals surface area contributed by atoms with Crippen molar-refractivity contribution in [2.75, 3.05) is 38.3 Å². The molecule has 0 bridgehead atoms. The lowest BCUT2D eigenvalue weighted by Crippen LogP contribution is -2.66. The molecule has 2 aliphatic rings. The van der Waals surface area contributed by atoms with Gasteiger partial charge in [0.05, 0.1) is 31.9 Å². The monoisotopic (exact) mass is 225 g/mol. The second kappa shape index (κ2) is 3.28. The Labute approximate surface area is 92.2 Å². The summed E-state index contributed by atoms with van der Waals surface area (Å²) in [5, 5.41) is 0. The average molecular weight is 225 g/mol. The summed E-state index contributed by atoms with van der Waals surface area (Å²) in [6.45, 7) is 3.37. The van der Waals surface area contributed by atoms with Gasteiger partial charge in [-0.2, -0.15) is 9.37 Å². The van der Waals surface area contributed by atoms with Gasteiger partial charge in [0.2, 0.25) is 11.8 Å². The molecule has 0 aliphatic carbocycles. The Bertz CT molecular complexity index is 415. The Hall–Kier alpha value is -1.43. The van der Waals surface area contributed by atoms with Crippen LogP contribution < -0.4 is 9.64 Å². The molecule has 0 unspecified atom stereocenters. The molecule has 0 amide bonds. The molecule has 1 aromatic rings. The minimum absolute atomic E-state index is 0.00388. The van der Waals surface area contributed by atoms with E-state index in [4.69, 9.17) is 9.47 Å². The smallest absolute Gasteiger partial charge is 0.255 e. The van der Waals surface area contributed by atoms with Gasteiger partial charge in [0.1, 0.15) is 0 Å². The fourth-order valence-corrected chi connectivity index (χ4v) is 2.12. The highest BCUT2D eigenvalue weighted by Crippen LogP contribution is 2.39. The van der Waals surface area contributed by atoms with Crippen LogP contribution in [0.5, 0.6) is 5.88 Å². The molecular weight excluding hydrogens is 213 g/mol. The molecular formula is C10H12FN3O2. The van der Waals surface area contributed by atoms with Crippen LogP contribution in [0.4, 0.5) is 10.3 Å². The maximum absolute atomic E-state index is 13.1. The van der Waals surface area contributed by atoms with Crippen molar-refractivity contribution >= 4 is 5.95 Å².